The molecule has 0 aliphatic carbocycles. The van der Waals surface area contributed by atoms with Crippen molar-refractivity contribution in [2.24, 2.45) is 0 Å². The average Bonchev–Trinajstić information content (AvgIpc) is 3.02. The predicted octanol–water partition coefficient (Wildman–Crippen LogP) is 1.61. The largest absolute Gasteiger partial charge is 0.373 e. The second-order valence-electron chi connectivity index (χ2n) is 6.72. The van der Waals surface area contributed by atoms with Gasteiger partial charge in [-0.2, -0.15) is 4.98 Å². The Morgan fingerprint density at radius 2 is 2.00 bits per heavy atom. The van der Waals surface area contributed by atoms with Gasteiger partial charge in [0.15, 0.2) is 5.82 Å². The van der Waals surface area contributed by atoms with Crippen LogP contribution in [0.4, 0.5) is 0 Å². The zero-order valence-corrected chi connectivity index (χ0v) is 14.1. The fourth-order valence-corrected chi connectivity index (χ4v) is 3.52. The Hall–Kier alpha value is -2.25. The third-order valence-electron chi connectivity index (χ3n) is 4.94. The summed E-state index contributed by atoms with van der Waals surface area (Å²) >= 11 is 0. The molecule has 2 aromatic rings. The fourth-order valence-electron chi connectivity index (χ4n) is 3.52. The number of likely N-dealkylation sites (tertiary alicyclic amines) is 1. The average molecular weight is 342 g/mol. The van der Waals surface area contributed by atoms with E-state index in [1.807, 2.05) is 30.3 Å². The maximum atomic E-state index is 11.8. The van der Waals surface area contributed by atoms with E-state index < -0.39 is 0 Å². The molecule has 0 unspecified atom stereocenters. The van der Waals surface area contributed by atoms with Crippen LogP contribution in [0.2, 0.25) is 0 Å². The van der Waals surface area contributed by atoms with Gasteiger partial charge in [0.1, 0.15) is 0 Å². The van der Waals surface area contributed by atoms with Gasteiger partial charge in [0.2, 0.25) is 5.91 Å². The van der Waals surface area contributed by atoms with Crippen molar-refractivity contribution in [1.82, 2.24) is 20.4 Å². The molecule has 2 saturated heterocycles. The van der Waals surface area contributed by atoms with E-state index in [0.29, 0.717) is 37.8 Å². The molecule has 3 heterocycles. The Morgan fingerprint density at radius 3 is 2.80 bits per heavy atom. The van der Waals surface area contributed by atoms with E-state index in [1.165, 1.54) is 0 Å². The highest BCUT2D eigenvalue weighted by Crippen LogP contribution is 2.31. The second-order valence-corrected chi connectivity index (χ2v) is 6.72. The predicted molar refractivity (Wildman–Crippen MR) is 90.6 cm³/mol. The Morgan fingerprint density at radius 1 is 1.20 bits per heavy atom. The molecule has 4 rings (SSSR count). The van der Waals surface area contributed by atoms with Gasteiger partial charge in [0, 0.05) is 25.2 Å². The summed E-state index contributed by atoms with van der Waals surface area (Å²) in [4.78, 5) is 18.6. The van der Waals surface area contributed by atoms with Crippen molar-refractivity contribution >= 4 is 5.91 Å². The Labute approximate surface area is 146 Å². The smallest absolute Gasteiger partial charge is 0.257 e. The van der Waals surface area contributed by atoms with Crippen LogP contribution in [0, 0.1) is 0 Å². The first-order valence-corrected chi connectivity index (χ1v) is 8.74. The zero-order valence-electron chi connectivity index (χ0n) is 14.1. The molecule has 1 spiro atoms. The van der Waals surface area contributed by atoms with Crippen LogP contribution in [-0.2, 0) is 16.1 Å². The van der Waals surface area contributed by atoms with Gasteiger partial charge >= 0.3 is 0 Å². The Kier molecular flexibility index (Phi) is 4.50. The monoisotopic (exact) mass is 342 g/mol. The van der Waals surface area contributed by atoms with E-state index >= 15 is 0 Å². The van der Waals surface area contributed by atoms with Crippen molar-refractivity contribution < 1.29 is 14.1 Å². The summed E-state index contributed by atoms with van der Waals surface area (Å²) in [5, 5.41) is 6.97. The van der Waals surface area contributed by atoms with Gasteiger partial charge < -0.3 is 14.6 Å². The maximum Gasteiger partial charge on any atom is 0.257 e. The number of nitrogens with one attached hydrogen (secondary N) is 1. The van der Waals surface area contributed by atoms with Crippen molar-refractivity contribution in [2.75, 3.05) is 26.2 Å². The van der Waals surface area contributed by atoms with Gasteiger partial charge in [0.05, 0.1) is 25.2 Å². The number of hydrogen-bond donors (Lipinski definition) is 1. The van der Waals surface area contributed by atoms with E-state index in [0.717, 1.165) is 31.5 Å². The summed E-state index contributed by atoms with van der Waals surface area (Å²) in [5.41, 5.74) is 0.625. The number of aromatic nitrogens is 2. The van der Waals surface area contributed by atoms with E-state index in [1.54, 1.807) is 0 Å². The number of rotatable bonds is 3. The highest BCUT2D eigenvalue weighted by Gasteiger charge is 2.39. The molecule has 7 heteroatoms. The van der Waals surface area contributed by atoms with E-state index in [9.17, 15) is 4.79 Å². The number of carbonyl (C=O) groups is 1. The molecule has 25 heavy (non-hydrogen) atoms. The van der Waals surface area contributed by atoms with Crippen LogP contribution in [0.1, 0.15) is 25.1 Å². The van der Waals surface area contributed by atoms with Crippen molar-refractivity contribution in [1.29, 1.82) is 0 Å². The van der Waals surface area contributed by atoms with Crippen LogP contribution in [0.5, 0.6) is 0 Å². The van der Waals surface area contributed by atoms with Crippen LogP contribution in [-0.4, -0.2) is 52.8 Å². The number of ether oxygens (including phenoxy) is 1. The molecular formula is C18H22N4O3. The molecule has 7 nitrogen and oxygen atoms in total. The second kappa shape index (κ2) is 6.93. The molecule has 0 bridgehead atoms. The molecule has 1 N–H and O–H groups in total. The van der Waals surface area contributed by atoms with E-state index in [4.69, 9.17) is 9.26 Å². The van der Waals surface area contributed by atoms with Crippen LogP contribution in [0.25, 0.3) is 11.5 Å². The third kappa shape index (κ3) is 3.72. The molecule has 132 valence electrons. The highest BCUT2D eigenvalue weighted by molar-refractivity contribution is 5.77. The molecule has 1 aromatic carbocycles. The lowest BCUT2D eigenvalue weighted by molar-refractivity contribution is -0.128. The van der Waals surface area contributed by atoms with Gasteiger partial charge in [-0.1, -0.05) is 23.4 Å². The molecule has 0 saturated carbocycles. The minimum Gasteiger partial charge on any atom is -0.373 e. The highest BCUT2D eigenvalue weighted by atomic mass is 16.5. The molecule has 2 fully saturated rings. The SMILES string of the molecule is O=C1CC2(CCN(Cc3noc(-c4ccccc4)n3)CC2)OCCN1. The first-order valence-electron chi connectivity index (χ1n) is 8.74. The molecule has 1 aromatic heterocycles. The fraction of sp³-hybridized carbons (Fsp3) is 0.500. The minimum atomic E-state index is -0.302. The molecule has 1 amide bonds. The number of piperidine rings is 1. The number of benzene rings is 1. The summed E-state index contributed by atoms with van der Waals surface area (Å²) < 4.78 is 11.4. The summed E-state index contributed by atoms with van der Waals surface area (Å²) in [6, 6.07) is 9.77. The quantitative estimate of drug-likeness (QED) is 0.913. The van der Waals surface area contributed by atoms with Gasteiger partial charge in [0.25, 0.3) is 5.89 Å². The van der Waals surface area contributed by atoms with E-state index in [2.05, 4.69) is 20.4 Å². The van der Waals surface area contributed by atoms with Crippen LogP contribution in [0.15, 0.2) is 34.9 Å². The number of carbonyl (C=O) groups excluding carboxylic acids is 1. The molecular weight excluding hydrogens is 320 g/mol. The maximum absolute atomic E-state index is 11.8. The molecule has 0 atom stereocenters. The number of nitrogens with zero attached hydrogens (tertiary/aromatic N) is 3. The van der Waals surface area contributed by atoms with Gasteiger partial charge in [-0.15, -0.1) is 0 Å². The summed E-state index contributed by atoms with van der Waals surface area (Å²) in [6.45, 7) is 3.58. The van der Waals surface area contributed by atoms with Gasteiger partial charge in [-0.05, 0) is 25.0 Å². The van der Waals surface area contributed by atoms with E-state index in [-0.39, 0.29) is 11.5 Å². The van der Waals surface area contributed by atoms with Crippen molar-refractivity contribution in [3.8, 4) is 11.5 Å². The van der Waals surface area contributed by atoms with Crippen LogP contribution < -0.4 is 5.32 Å². The molecule has 2 aliphatic heterocycles. The van der Waals surface area contributed by atoms with Crippen molar-refractivity contribution in [3.63, 3.8) is 0 Å². The lowest BCUT2D eigenvalue weighted by Gasteiger charge is -2.40. The summed E-state index contributed by atoms with van der Waals surface area (Å²) in [6.07, 6.45) is 2.16. The van der Waals surface area contributed by atoms with Crippen LogP contribution in [0.3, 0.4) is 0 Å². The van der Waals surface area contributed by atoms with Crippen LogP contribution >= 0.6 is 0 Å². The first kappa shape index (κ1) is 16.2. The molecule has 0 radical (unpaired) electrons. The minimum absolute atomic E-state index is 0.0941. The topological polar surface area (TPSA) is 80.5 Å². The Balaban J connectivity index is 1.36. The summed E-state index contributed by atoms with van der Waals surface area (Å²) in [5.74, 6) is 1.33. The lowest BCUT2D eigenvalue weighted by Crippen LogP contribution is -2.46. The van der Waals surface area contributed by atoms with Crippen molar-refractivity contribution in [3.05, 3.63) is 36.2 Å². The van der Waals surface area contributed by atoms with Gasteiger partial charge in [-0.25, -0.2) is 0 Å². The number of amides is 1. The standard InChI is InChI=1S/C18H22N4O3/c23-16-12-18(24-11-8-19-16)6-9-22(10-7-18)13-15-20-17(25-21-15)14-4-2-1-3-5-14/h1-5H,6-13H2,(H,19,23). The Bertz CT molecular complexity index is 723. The molecule has 2 aliphatic rings. The normalized spacial score (nSPS) is 21.0. The number of hydrogen-bond acceptors (Lipinski definition) is 6. The lowest BCUT2D eigenvalue weighted by atomic mass is 9.87. The van der Waals surface area contributed by atoms with Gasteiger partial charge in [-0.3, -0.25) is 9.69 Å². The summed E-state index contributed by atoms with van der Waals surface area (Å²) in [7, 11) is 0. The zero-order chi connectivity index (χ0) is 17.1. The van der Waals surface area contributed by atoms with Crippen molar-refractivity contribution in [2.45, 2.75) is 31.4 Å². The third-order valence-corrected chi connectivity index (χ3v) is 4.94. The first-order chi connectivity index (χ1) is 12.2.